The number of rotatable bonds is 7. The Morgan fingerprint density at radius 1 is 1.00 bits per heavy atom. The number of allylic oxidation sites excluding steroid dienone is 3. The van der Waals surface area contributed by atoms with Gasteiger partial charge in [0.2, 0.25) is 0 Å². The molecule has 38 heavy (non-hydrogen) atoms. The minimum absolute atomic E-state index is 0.210. The maximum atomic E-state index is 11.8. The summed E-state index contributed by atoms with van der Waals surface area (Å²) >= 11 is 0. The molecule has 0 amide bonds. The molecule has 6 rings (SSSR count). The molecule has 1 saturated carbocycles. The van der Waals surface area contributed by atoms with Gasteiger partial charge in [0.1, 0.15) is 11.4 Å². The molecule has 1 atom stereocenters. The minimum atomic E-state index is -0.688. The summed E-state index contributed by atoms with van der Waals surface area (Å²) in [6.07, 6.45) is 8.25. The maximum absolute atomic E-state index is 11.8. The Hall–Kier alpha value is -4.45. The Bertz CT molecular complexity index is 1560. The first kappa shape index (κ1) is 23.9. The third-order valence-corrected chi connectivity index (χ3v) is 7.71. The molecule has 190 valence electrons. The molecule has 0 spiro atoms. The number of nitrogens with one attached hydrogen (secondary N) is 1. The SMILES string of the molecule is Cc1noc(-c2ccc(C3=CC=C(C4(C(=O)O)CC4)C(C)C3)cc2)c1Nc1ccnc(-c2ccccc2)c1. The van der Waals surface area contributed by atoms with E-state index in [-0.39, 0.29) is 5.92 Å². The normalized spacial score (nSPS) is 17.9. The van der Waals surface area contributed by atoms with E-state index in [0.29, 0.717) is 5.76 Å². The van der Waals surface area contributed by atoms with Crippen LogP contribution >= 0.6 is 0 Å². The van der Waals surface area contributed by atoms with E-state index in [0.717, 1.165) is 64.3 Å². The van der Waals surface area contributed by atoms with Gasteiger partial charge >= 0.3 is 5.97 Å². The van der Waals surface area contributed by atoms with Crippen molar-refractivity contribution in [2.45, 2.75) is 33.1 Å². The molecule has 1 fully saturated rings. The standard InChI is InChI=1S/C32H29N3O3/c1-20-18-25(12-13-27(20)32(15-16-32)31(36)37)22-8-10-24(11-9-22)30-29(21(2)35-38-30)34-26-14-17-33-28(19-26)23-6-4-3-5-7-23/h3-14,17,19-20H,15-16,18H2,1-2H3,(H,33,34)(H,36,37). The third kappa shape index (κ3) is 4.32. The minimum Gasteiger partial charge on any atom is -0.481 e. The van der Waals surface area contributed by atoms with Crippen LogP contribution in [0.15, 0.2) is 95.2 Å². The number of aliphatic carboxylic acids is 1. The van der Waals surface area contributed by atoms with E-state index >= 15 is 0 Å². The van der Waals surface area contributed by atoms with Gasteiger partial charge in [0, 0.05) is 23.0 Å². The highest BCUT2D eigenvalue weighted by atomic mass is 16.5. The second-order valence-electron chi connectivity index (χ2n) is 10.3. The molecule has 2 aromatic heterocycles. The highest BCUT2D eigenvalue weighted by Crippen LogP contribution is 2.56. The van der Waals surface area contributed by atoms with Gasteiger partial charge in [-0.2, -0.15) is 0 Å². The van der Waals surface area contributed by atoms with Crippen molar-refractivity contribution in [1.29, 1.82) is 0 Å². The van der Waals surface area contributed by atoms with Crippen molar-refractivity contribution in [3.63, 3.8) is 0 Å². The molecule has 2 heterocycles. The zero-order valence-corrected chi connectivity index (χ0v) is 21.4. The molecule has 2 aliphatic carbocycles. The molecule has 0 saturated heterocycles. The van der Waals surface area contributed by atoms with Crippen LogP contribution in [0.25, 0.3) is 28.2 Å². The van der Waals surface area contributed by atoms with E-state index in [1.165, 1.54) is 5.57 Å². The summed E-state index contributed by atoms with van der Waals surface area (Å²) < 4.78 is 5.74. The average Bonchev–Trinajstić information content (AvgIpc) is 3.68. The van der Waals surface area contributed by atoms with Crippen molar-refractivity contribution in [3.8, 4) is 22.6 Å². The summed E-state index contributed by atoms with van der Waals surface area (Å²) in [6.45, 7) is 4.05. The number of benzene rings is 2. The molecule has 6 heteroatoms. The van der Waals surface area contributed by atoms with Gasteiger partial charge in [-0.3, -0.25) is 9.78 Å². The van der Waals surface area contributed by atoms with Crippen molar-refractivity contribution in [2.75, 3.05) is 5.32 Å². The van der Waals surface area contributed by atoms with Gasteiger partial charge in [0.05, 0.1) is 11.1 Å². The predicted octanol–water partition coefficient (Wildman–Crippen LogP) is 7.67. The van der Waals surface area contributed by atoms with Gasteiger partial charge in [-0.05, 0) is 60.9 Å². The lowest BCUT2D eigenvalue weighted by molar-refractivity contribution is -0.142. The summed E-state index contributed by atoms with van der Waals surface area (Å²) in [5, 5.41) is 17.4. The van der Waals surface area contributed by atoms with Crippen LogP contribution in [0.5, 0.6) is 0 Å². The van der Waals surface area contributed by atoms with Gasteiger partial charge < -0.3 is 14.9 Å². The summed E-state index contributed by atoms with van der Waals surface area (Å²) in [6, 6.07) is 22.3. The summed E-state index contributed by atoms with van der Waals surface area (Å²) in [5.41, 5.74) is 8.14. The second kappa shape index (κ2) is 9.45. The zero-order chi connectivity index (χ0) is 26.3. The Balaban J connectivity index is 1.24. The highest BCUT2D eigenvalue weighted by Gasteiger charge is 2.54. The number of anilines is 2. The maximum Gasteiger partial charge on any atom is 0.313 e. The zero-order valence-electron chi connectivity index (χ0n) is 21.4. The number of aromatic nitrogens is 2. The molecule has 6 nitrogen and oxygen atoms in total. The fraction of sp³-hybridized carbons (Fsp3) is 0.219. The molecule has 2 aliphatic rings. The van der Waals surface area contributed by atoms with E-state index < -0.39 is 11.4 Å². The molecule has 2 aromatic carbocycles. The van der Waals surface area contributed by atoms with Gasteiger partial charge in [-0.25, -0.2) is 0 Å². The van der Waals surface area contributed by atoms with Crippen LogP contribution in [-0.4, -0.2) is 21.2 Å². The Labute approximate surface area is 221 Å². The molecule has 0 bridgehead atoms. The third-order valence-electron chi connectivity index (χ3n) is 7.71. The van der Waals surface area contributed by atoms with Crippen LogP contribution in [-0.2, 0) is 4.79 Å². The Morgan fingerprint density at radius 3 is 2.42 bits per heavy atom. The summed E-state index contributed by atoms with van der Waals surface area (Å²) in [5.74, 6) is 0.200. The van der Waals surface area contributed by atoms with Gasteiger partial charge in [0.15, 0.2) is 5.76 Å². The number of pyridine rings is 1. The van der Waals surface area contributed by atoms with Crippen molar-refractivity contribution in [2.24, 2.45) is 11.3 Å². The van der Waals surface area contributed by atoms with E-state index in [2.05, 4.69) is 40.6 Å². The number of nitrogens with zero attached hydrogens (tertiary/aromatic N) is 2. The first-order chi connectivity index (χ1) is 18.4. The number of aryl methyl sites for hydroxylation is 1. The van der Waals surface area contributed by atoms with E-state index in [1.54, 1.807) is 6.20 Å². The number of hydrogen-bond donors (Lipinski definition) is 2. The van der Waals surface area contributed by atoms with Crippen molar-refractivity contribution >= 4 is 22.9 Å². The molecular formula is C32H29N3O3. The highest BCUT2D eigenvalue weighted by molar-refractivity contribution is 5.84. The Kier molecular flexibility index (Phi) is 5.95. The van der Waals surface area contributed by atoms with E-state index in [1.807, 2.05) is 67.6 Å². The monoisotopic (exact) mass is 503 g/mol. The molecule has 2 N–H and O–H groups in total. The number of carboxylic acid groups (broad SMARTS) is 1. The van der Waals surface area contributed by atoms with Crippen LogP contribution < -0.4 is 5.32 Å². The number of carbonyl (C=O) groups is 1. The summed E-state index contributed by atoms with van der Waals surface area (Å²) in [7, 11) is 0. The first-order valence-corrected chi connectivity index (χ1v) is 12.9. The lowest BCUT2D eigenvalue weighted by atomic mass is 9.78. The van der Waals surface area contributed by atoms with Crippen molar-refractivity contribution in [3.05, 3.63) is 102 Å². The quantitative estimate of drug-likeness (QED) is 0.269. The smallest absolute Gasteiger partial charge is 0.313 e. The molecule has 0 aliphatic heterocycles. The van der Waals surface area contributed by atoms with Gasteiger partial charge in [-0.1, -0.05) is 78.8 Å². The first-order valence-electron chi connectivity index (χ1n) is 12.9. The van der Waals surface area contributed by atoms with Crippen molar-refractivity contribution in [1.82, 2.24) is 10.1 Å². The van der Waals surface area contributed by atoms with Crippen LogP contribution in [0.4, 0.5) is 11.4 Å². The fourth-order valence-electron chi connectivity index (χ4n) is 5.43. The lowest BCUT2D eigenvalue weighted by Gasteiger charge is -2.26. The molecule has 0 radical (unpaired) electrons. The second-order valence-corrected chi connectivity index (χ2v) is 10.3. The average molecular weight is 504 g/mol. The van der Waals surface area contributed by atoms with Crippen LogP contribution in [0.2, 0.25) is 0 Å². The fourth-order valence-corrected chi connectivity index (χ4v) is 5.43. The van der Waals surface area contributed by atoms with Crippen molar-refractivity contribution < 1.29 is 14.4 Å². The van der Waals surface area contributed by atoms with Crippen LogP contribution in [0, 0.1) is 18.3 Å². The largest absolute Gasteiger partial charge is 0.481 e. The lowest BCUT2D eigenvalue weighted by Crippen LogP contribution is -2.23. The van der Waals surface area contributed by atoms with Gasteiger partial charge in [-0.15, -0.1) is 0 Å². The summed E-state index contributed by atoms with van der Waals surface area (Å²) in [4.78, 5) is 16.3. The van der Waals surface area contributed by atoms with Crippen LogP contribution in [0.1, 0.15) is 37.4 Å². The Morgan fingerprint density at radius 2 is 1.74 bits per heavy atom. The topological polar surface area (TPSA) is 88.2 Å². The molecular weight excluding hydrogens is 474 g/mol. The number of hydrogen-bond acceptors (Lipinski definition) is 5. The molecule has 1 unspecified atom stereocenters. The number of carboxylic acids is 1. The van der Waals surface area contributed by atoms with E-state index in [4.69, 9.17) is 4.52 Å². The predicted molar refractivity (Wildman–Crippen MR) is 149 cm³/mol. The van der Waals surface area contributed by atoms with Gasteiger partial charge in [0.25, 0.3) is 0 Å². The molecule has 4 aromatic rings. The van der Waals surface area contributed by atoms with E-state index in [9.17, 15) is 9.90 Å². The van der Waals surface area contributed by atoms with Crippen LogP contribution in [0.3, 0.4) is 0 Å².